The molecule has 0 saturated carbocycles. The monoisotopic (exact) mass is 448 g/mol. The molecule has 166 valence electrons. The van der Waals surface area contributed by atoms with Crippen molar-refractivity contribution in [3.63, 3.8) is 0 Å². The van der Waals surface area contributed by atoms with Crippen LogP contribution in [0.1, 0.15) is 32.6 Å². The van der Waals surface area contributed by atoms with Crippen LogP contribution in [0.2, 0.25) is 0 Å². The molecular weight excluding hydrogens is 416 g/mol. The zero-order valence-corrected chi connectivity index (χ0v) is 18.8. The second-order valence-corrected chi connectivity index (χ2v) is 8.96. The molecule has 5 N–H and O–H groups in total. The Morgan fingerprint density at radius 3 is 2.34 bits per heavy atom. The number of aliphatic carboxylic acids is 1. The number of hydrogen-bond donors (Lipinski definition) is 4. The van der Waals surface area contributed by atoms with Gasteiger partial charge in [-0.2, -0.15) is 23.5 Å². The summed E-state index contributed by atoms with van der Waals surface area (Å²) in [6, 6.07) is -3.23. The Hall–Kier alpha value is -1.46. The maximum atomic E-state index is 12.8. The number of nitrogens with zero attached hydrogens (tertiary/aromatic N) is 1. The minimum atomic E-state index is -1.09. The van der Waals surface area contributed by atoms with Gasteiger partial charge in [-0.1, -0.05) is 0 Å². The van der Waals surface area contributed by atoms with E-state index in [0.29, 0.717) is 38.0 Å². The van der Waals surface area contributed by atoms with E-state index in [4.69, 9.17) is 5.73 Å². The van der Waals surface area contributed by atoms with E-state index in [1.165, 1.54) is 16.7 Å². The maximum Gasteiger partial charge on any atom is 0.326 e. The van der Waals surface area contributed by atoms with Crippen LogP contribution in [0, 0.1) is 0 Å². The molecule has 0 aromatic rings. The summed E-state index contributed by atoms with van der Waals surface area (Å²) in [6.07, 6.45) is 5.70. The second kappa shape index (κ2) is 13.0. The van der Waals surface area contributed by atoms with Gasteiger partial charge < -0.3 is 26.4 Å². The Balaban J connectivity index is 2.69. The molecule has 1 rings (SSSR count). The third kappa shape index (κ3) is 8.06. The van der Waals surface area contributed by atoms with Gasteiger partial charge in [-0.15, -0.1) is 0 Å². The summed E-state index contributed by atoms with van der Waals surface area (Å²) in [5.74, 6) is -0.994. The van der Waals surface area contributed by atoms with Gasteiger partial charge in [0.2, 0.25) is 17.7 Å². The van der Waals surface area contributed by atoms with Crippen molar-refractivity contribution < 1.29 is 24.3 Å². The largest absolute Gasteiger partial charge is 0.480 e. The highest BCUT2D eigenvalue weighted by molar-refractivity contribution is 7.98. The molecule has 0 bridgehead atoms. The van der Waals surface area contributed by atoms with Crippen molar-refractivity contribution in [1.82, 2.24) is 15.5 Å². The number of rotatable bonds is 12. The molecule has 9 nitrogen and oxygen atoms in total. The van der Waals surface area contributed by atoms with E-state index < -0.39 is 42.0 Å². The Morgan fingerprint density at radius 1 is 1.14 bits per heavy atom. The van der Waals surface area contributed by atoms with Crippen LogP contribution in [0.4, 0.5) is 0 Å². The van der Waals surface area contributed by atoms with Gasteiger partial charge in [0.1, 0.15) is 18.1 Å². The minimum absolute atomic E-state index is 0.309. The molecule has 4 unspecified atom stereocenters. The number of carboxylic acids is 1. The summed E-state index contributed by atoms with van der Waals surface area (Å²) >= 11 is 3.08. The Kier molecular flexibility index (Phi) is 11.4. The third-order valence-corrected chi connectivity index (χ3v) is 6.05. The molecule has 1 aliphatic rings. The van der Waals surface area contributed by atoms with Gasteiger partial charge >= 0.3 is 5.97 Å². The van der Waals surface area contributed by atoms with Gasteiger partial charge in [-0.05, 0) is 56.6 Å². The van der Waals surface area contributed by atoms with E-state index in [1.807, 2.05) is 12.5 Å². The van der Waals surface area contributed by atoms with Crippen LogP contribution in [0.25, 0.3) is 0 Å². The number of hydrogen-bond acceptors (Lipinski definition) is 7. The third-order valence-electron chi connectivity index (χ3n) is 4.76. The number of likely N-dealkylation sites (tertiary alicyclic amines) is 1. The summed E-state index contributed by atoms with van der Waals surface area (Å²) < 4.78 is 0. The summed E-state index contributed by atoms with van der Waals surface area (Å²) in [6.45, 7) is 1.95. The standard InChI is InChI=1S/C18H32N4O5S2/c1-11(20-15(23)12(19)6-9-28-2)17(25)22-8-4-5-14(22)16(24)21-13(18(26)27)7-10-29-3/h11-14H,4-10,19H2,1-3H3,(H,20,23)(H,21,24)(H,26,27). The highest BCUT2D eigenvalue weighted by Gasteiger charge is 2.37. The van der Waals surface area contributed by atoms with Crippen LogP contribution in [0.15, 0.2) is 0 Å². The fourth-order valence-corrected chi connectivity index (χ4v) is 4.03. The van der Waals surface area contributed by atoms with Crippen LogP contribution in [0.3, 0.4) is 0 Å². The Bertz CT molecular complexity index is 593. The zero-order valence-electron chi connectivity index (χ0n) is 17.2. The number of carbonyl (C=O) groups excluding carboxylic acids is 3. The lowest BCUT2D eigenvalue weighted by Gasteiger charge is -2.28. The van der Waals surface area contributed by atoms with E-state index in [1.54, 1.807) is 18.7 Å². The van der Waals surface area contributed by atoms with E-state index in [-0.39, 0.29) is 5.91 Å². The first-order chi connectivity index (χ1) is 13.7. The lowest BCUT2D eigenvalue weighted by molar-refractivity contribution is -0.144. The smallest absolute Gasteiger partial charge is 0.326 e. The van der Waals surface area contributed by atoms with Gasteiger partial charge in [0.05, 0.1) is 6.04 Å². The molecule has 0 radical (unpaired) electrons. The van der Waals surface area contributed by atoms with Crippen molar-refractivity contribution in [2.45, 2.75) is 56.8 Å². The molecule has 29 heavy (non-hydrogen) atoms. The zero-order chi connectivity index (χ0) is 22.0. The first-order valence-corrected chi connectivity index (χ1v) is 12.4. The summed E-state index contributed by atoms with van der Waals surface area (Å²) in [5.41, 5.74) is 5.83. The van der Waals surface area contributed by atoms with Gasteiger partial charge in [-0.25, -0.2) is 4.79 Å². The molecule has 1 aliphatic heterocycles. The summed E-state index contributed by atoms with van der Waals surface area (Å²) in [5, 5.41) is 14.5. The molecule has 3 amide bonds. The van der Waals surface area contributed by atoms with Gasteiger partial charge in [0.25, 0.3) is 0 Å². The van der Waals surface area contributed by atoms with Crippen molar-refractivity contribution in [2.24, 2.45) is 5.73 Å². The Morgan fingerprint density at radius 2 is 1.76 bits per heavy atom. The van der Waals surface area contributed by atoms with E-state index in [9.17, 15) is 24.3 Å². The number of carboxylic acid groups (broad SMARTS) is 1. The first-order valence-electron chi connectivity index (χ1n) is 9.60. The van der Waals surface area contributed by atoms with Crippen molar-refractivity contribution >= 4 is 47.2 Å². The van der Waals surface area contributed by atoms with Crippen molar-refractivity contribution in [3.05, 3.63) is 0 Å². The van der Waals surface area contributed by atoms with E-state index in [2.05, 4.69) is 10.6 Å². The normalized spacial score (nSPS) is 19.3. The van der Waals surface area contributed by atoms with Crippen LogP contribution in [0.5, 0.6) is 0 Å². The summed E-state index contributed by atoms with van der Waals surface area (Å²) in [4.78, 5) is 50.4. The SMILES string of the molecule is CSCCC(N)C(=O)NC(C)C(=O)N1CCCC1C(=O)NC(CCSC)C(=O)O. The molecule has 4 atom stereocenters. The van der Waals surface area contributed by atoms with Crippen LogP contribution >= 0.6 is 23.5 Å². The number of thioether (sulfide) groups is 2. The van der Waals surface area contributed by atoms with Gasteiger partial charge in [0.15, 0.2) is 0 Å². The van der Waals surface area contributed by atoms with Gasteiger partial charge in [0, 0.05) is 6.54 Å². The molecule has 1 heterocycles. The van der Waals surface area contributed by atoms with Crippen molar-refractivity contribution in [2.75, 3.05) is 30.6 Å². The predicted octanol–water partition coefficient (Wildman–Crippen LogP) is -0.115. The fourth-order valence-electron chi connectivity index (χ4n) is 3.07. The second-order valence-electron chi connectivity index (χ2n) is 6.99. The first kappa shape index (κ1) is 25.6. The molecule has 1 fully saturated rings. The minimum Gasteiger partial charge on any atom is -0.480 e. The number of carbonyl (C=O) groups is 4. The predicted molar refractivity (Wildman–Crippen MR) is 116 cm³/mol. The number of amides is 3. The molecule has 1 saturated heterocycles. The fraction of sp³-hybridized carbons (Fsp3) is 0.778. The number of nitrogens with two attached hydrogens (primary N) is 1. The lowest BCUT2D eigenvalue weighted by Crippen LogP contribution is -2.56. The molecular formula is C18H32N4O5S2. The molecule has 0 aliphatic carbocycles. The molecule has 0 aromatic heterocycles. The van der Waals surface area contributed by atoms with E-state index >= 15 is 0 Å². The average Bonchev–Trinajstić information content (AvgIpc) is 3.17. The number of nitrogens with one attached hydrogen (secondary N) is 2. The lowest BCUT2D eigenvalue weighted by atomic mass is 10.1. The molecule has 0 spiro atoms. The highest BCUT2D eigenvalue weighted by atomic mass is 32.2. The van der Waals surface area contributed by atoms with Crippen LogP contribution < -0.4 is 16.4 Å². The Labute approximate surface area is 180 Å². The molecule has 0 aromatic carbocycles. The topological polar surface area (TPSA) is 142 Å². The summed E-state index contributed by atoms with van der Waals surface area (Å²) in [7, 11) is 0. The van der Waals surface area contributed by atoms with Crippen LogP contribution in [-0.2, 0) is 19.2 Å². The van der Waals surface area contributed by atoms with Crippen LogP contribution in [-0.4, -0.2) is 88.4 Å². The van der Waals surface area contributed by atoms with Crippen molar-refractivity contribution in [1.29, 1.82) is 0 Å². The van der Waals surface area contributed by atoms with Crippen molar-refractivity contribution in [3.8, 4) is 0 Å². The van der Waals surface area contributed by atoms with E-state index in [0.717, 1.165) is 5.75 Å². The average molecular weight is 449 g/mol. The highest BCUT2D eigenvalue weighted by Crippen LogP contribution is 2.19. The molecule has 11 heteroatoms. The quantitative estimate of drug-likeness (QED) is 0.324. The van der Waals surface area contributed by atoms with Gasteiger partial charge in [-0.3, -0.25) is 14.4 Å². The maximum absolute atomic E-state index is 12.8.